The van der Waals surface area contributed by atoms with Crippen LogP contribution in [0.5, 0.6) is 0 Å². The number of nitrogens with zero attached hydrogens (tertiary/aromatic N) is 2. The second-order valence-electron chi connectivity index (χ2n) is 8.91. The first kappa shape index (κ1) is 26.2. The van der Waals surface area contributed by atoms with E-state index in [1.165, 1.54) is 42.1 Å². The number of carbonyl (C=O) groups is 2. The number of halogens is 3. The molecule has 2 aromatic rings. The molecule has 5 rings (SSSR count). The lowest BCUT2D eigenvalue weighted by Crippen LogP contribution is -2.51. The Morgan fingerprint density at radius 2 is 1.69 bits per heavy atom. The Bertz CT molecular complexity index is 1230. The molecule has 0 bridgehead atoms. The number of hydrogen-bond donors (Lipinski definition) is 1. The summed E-state index contributed by atoms with van der Waals surface area (Å²) in [5, 5.41) is 0.414. The lowest BCUT2D eigenvalue weighted by molar-refractivity contribution is -0.153. The number of ether oxygens (including phenoxy) is 2. The normalized spacial score (nSPS) is 27.6. The average molecular weight is 536 g/mol. The Morgan fingerprint density at radius 3 is 2.28 bits per heavy atom. The van der Waals surface area contributed by atoms with Gasteiger partial charge < -0.3 is 15.2 Å². The summed E-state index contributed by atoms with van der Waals surface area (Å²) >= 11 is 1.40. The van der Waals surface area contributed by atoms with E-state index >= 15 is 0 Å². The number of thioether (sulfide) groups is 1. The highest BCUT2D eigenvalue weighted by molar-refractivity contribution is 8.14. The maximum absolute atomic E-state index is 13.5. The molecule has 36 heavy (non-hydrogen) atoms. The zero-order valence-electron chi connectivity index (χ0n) is 19.0. The summed E-state index contributed by atoms with van der Waals surface area (Å²) in [6, 6.07) is 11.6. The largest absolute Gasteiger partial charge is 0.461 e. The van der Waals surface area contributed by atoms with Crippen molar-refractivity contribution >= 4 is 47.5 Å². The molecule has 2 saturated carbocycles. The van der Waals surface area contributed by atoms with Gasteiger partial charge in [-0.3, -0.25) is 14.6 Å². The second-order valence-corrected chi connectivity index (χ2v) is 10.1. The molecule has 1 heterocycles. The molecule has 11 heteroatoms. The molecule has 2 fully saturated rings. The molecular formula is C25H24ClF2N3O4S. The van der Waals surface area contributed by atoms with Crippen molar-refractivity contribution < 1.29 is 27.8 Å². The number of benzene rings is 2. The quantitative estimate of drug-likeness (QED) is 0.543. The summed E-state index contributed by atoms with van der Waals surface area (Å²) in [7, 11) is 0. The molecule has 0 radical (unpaired) electrons. The van der Waals surface area contributed by atoms with Crippen molar-refractivity contribution in [3.8, 4) is 0 Å². The number of amidine groups is 1. The van der Waals surface area contributed by atoms with Crippen LogP contribution in [0, 0.1) is 29.4 Å². The molecular weight excluding hydrogens is 512 g/mol. The van der Waals surface area contributed by atoms with E-state index in [-0.39, 0.29) is 43.2 Å². The third-order valence-corrected chi connectivity index (χ3v) is 7.82. The first-order valence-electron chi connectivity index (χ1n) is 11.2. The summed E-state index contributed by atoms with van der Waals surface area (Å²) in [4.78, 5) is 34.6. The van der Waals surface area contributed by atoms with Gasteiger partial charge in [-0.2, -0.15) is 0 Å². The molecule has 7 nitrogen and oxygen atoms in total. The maximum Gasteiger partial charge on any atom is 0.326 e. The molecule has 1 aliphatic heterocycles. The van der Waals surface area contributed by atoms with Crippen LogP contribution in [0.15, 0.2) is 58.5 Å². The smallest absolute Gasteiger partial charge is 0.326 e. The van der Waals surface area contributed by atoms with Gasteiger partial charge in [0.15, 0.2) is 5.17 Å². The van der Waals surface area contributed by atoms with Gasteiger partial charge in [0.2, 0.25) is 0 Å². The number of fused-ring (bicyclic) bond motifs is 1. The molecule has 5 atom stereocenters. The van der Waals surface area contributed by atoms with Gasteiger partial charge in [0, 0.05) is 17.4 Å². The van der Waals surface area contributed by atoms with Gasteiger partial charge in [0.25, 0.3) is 0 Å². The van der Waals surface area contributed by atoms with Crippen LogP contribution in [-0.2, 0) is 32.3 Å². The minimum absolute atomic E-state index is 0. The van der Waals surface area contributed by atoms with E-state index in [2.05, 4.69) is 9.98 Å². The predicted molar refractivity (Wildman–Crippen MR) is 134 cm³/mol. The van der Waals surface area contributed by atoms with E-state index in [1.54, 1.807) is 24.4 Å². The molecule has 0 unspecified atom stereocenters. The number of nitrogens with two attached hydrogens (primary N) is 1. The highest BCUT2D eigenvalue weighted by atomic mass is 35.5. The Kier molecular flexibility index (Phi) is 7.77. The van der Waals surface area contributed by atoms with Crippen molar-refractivity contribution in [3.63, 3.8) is 0 Å². The van der Waals surface area contributed by atoms with Crippen LogP contribution < -0.4 is 5.73 Å². The van der Waals surface area contributed by atoms with Crippen molar-refractivity contribution in [1.82, 2.24) is 0 Å². The van der Waals surface area contributed by atoms with Gasteiger partial charge in [-0.05, 0) is 47.7 Å². The molecule has 0 saturated heterocycles. The van der Waals surface area contributed by atoms with Crippen LogP contribution in [0.2, 0.25) is 0 Å². The highest BCUT2D eigenvalue weighted by Crippen LogP contribution is 2.65. The van der Waals surface area contributed by atoms with E-state index in [0.717, 1.165) is 0 Å². The maximum atomic E-state index is 13.5. The summed E-state index contributed by atoms with van der Waals surface area (Å²) in [6.07, 6.45) is 1.98. The van der Waals surface area contributed by atoms with Crippen molar-refractivity contribution in [2.75, 3.05) is 6.54 Å². The zero-order valence-corrected chi connectivity index (χ0v) is 20.6. The first-order valence-corrected chi connectivity index (χ1v) is 12.1. The molecule has 2 N–H and O–H groups in total. The van der Waals surface area contributed by atoms with E-state index in [9.17, 15) is 18.4 Å². The third-order valence-electron chi connectivity index (χ3n) is 6.59. The van der Waals surface area contributed by atoms with Crippen molar-refractivity contribution in [2.45, 2.75) is 30.4 Å². The molecule has 2 aromatic carbocycles. The van der Waals surface area contributed by atoms with E-state index in [0.29, 0.717) is 22.8 Å². The third kappa shape index (κ3) is 5.30. The summed E-state index contributed by atoms with van der Waals surface area (Å²) in [6.45, 7) is 0.283. The fourth-order valence-corrected chi connectivity index (χ4v) is 6.39. The van der Waals surface area contributed by atoms with Gasteiger partial charge in [-0.15, -0.1) is 12.4 Å². The van der Waals surface area contributed by atoms with Crippen molar-refractivity contribution in [3.05, 3.63) is 71.3 Å². The number of esters is 2. The number of aliphatic imine (C=N–C) groups is 2. The van der Waals surface area contributed by atoms with Crippen LogP contribution in [-0.4, -0.2) is 40.7 Å². The summed E-state index contributed by atoms with van der Waals surface area (Å²) in [5.74, 6) is -3.24. The molecule has 2 aliphatic carbocycles. The van der Waals surface area contributed by atoms with Gasteiger partial charge in [0.05, 0.1) is 12.5 Å². The average Bonchev–Trinajstić information content (AvgIpc) is 3.26. The number of carbonyl (C=O) groups excluding carboxylic acids is 2. The van der Waals surface area contributed by atoms with Gasteiger partial charge in [0.1, 0.15) is 30.4 Å². The van der Waals surface area contributed by atoms with E-state index in [1.807, 2.05) is 0 Å². The number of hydrogen-bond acceptors (Lipinski definition) is 8. The van der Waals surface area contributed by atoms with Crippen LogP contribution in [0.1, 0.15) is 17.5 Å². The zero-order chi connectivity index (χ0) is 24.6. The molecule has 0 amide bonds. The Balaban J connectivity index is 0.00000304. The van der Waals surface area contributed by atoms with Crippen LogP contribution in [0.25, 0.3) is 0 Å². The first-order chi connectivity index (χ1) is 16.8. The molecule has 0 spiro atoms. The highest BCUT2D eigenvalue weighted by Gasteiger charge is 2.74. The Morgan fingerprint density at radius 1 is 1.06 bits per heavy atom. The SMILES string of the molecule is Cl.N[C@@]1(C(=O)OCc2cccc(F)c2)C[C@H](SC2=NCC=N2)[C@H]2[C@H](C(=O)OCc3cccc(F)c3)[C@H]21. The predicted octanol–water partition coefficient (Wildman–Crippen LogP) is 3.68. The van der Waals surface area contributed by atoms with Crippen molar-refractivity contribution in [1.29, 1.82) is 0 Å². The minimum atomic E-state index is -1.40. The lowest BCUT2D eigenvalue weighted by atomic mass is 9.91. The second kappa shape index (κ2) is 10.7. The molecule has 3 aliphatic rings. The Hall–Kier alpha value is -2.82. The van der Waals surface area contributed by atoms with Crippen molar-refractivity contribution in [2.24, 2.45) is 33.5 Å². The van der Waals surface area contributed by atoms with Gasteiger partial charge >= 0.3 is 11.9 Å². The summed E-state index contributed by atoms with van der Waals surface area (Å²) in [5.41, 5.74) is 6.23. The summed E-state index contributed by atoms with van der Waals surface area (Å²) < 4.78 is 37.8. The fraction of sp³-hybridized carbons (Fsp3) is 0.360. The monoisotopic (exact) mass is 535 g/mol. The number of rotatable bonds is 7. The van der Waals surface area contributed by atoms with Gasteiger partial charge in [-0.25, -0.2) is 13.8 Å². The Labute approximate surface area is 217 Å². The van der Waals surface area contributed by atoms with Crippen LogP contribution in [0.3, 0.4) is 0 Å². The van der Waals surface area contributed by atoms with Crippen LogP contribution >= 0.6 is 24.2 Å². The lowest BCUT2D eigenvalue weighted by Gasteiger charge is -2.27. The topological polar surface area (TPSA) is 103 Å². The molecule has 0 aromatic heterocycles. The van der Waals surface area contributed by atoms with E-state index < -0.39 is 40.9 Å². The van der Waals surface area contributed by atoms with E-state index in [4.69, 9.17) is 15.2 Å². The van der Waals surface area contributed by atoms with Crippen LogP contribution in [0.4, 0.5) is 8.78 Å². The fourth-order valence-electron chi connectivity index (χ4n) is 4.98. The minimum Gasteiger partial charge on any atom is -0.461 e. The standard InChI is InChI=1S/C25H23F2N3O4S.ClH/c26-16-5-1-3-14(9-16)12-33-22(31)20-19-18(35-24-29-7-8-30-24)11-25(28,21(19)20)23(32)34-13-15-4-2-6-17(27)10-15;/h1-7,9-10,18-21H,8,11-13,28H2;1H/t18-,19-,20-,21-,25-;/m0./s1. The van der Waals surface area contributed by atoms with Gasteiger partial charge in [-0.1, -0.05) is 36.0 Å². The molecule has 190 valence electrons.